The van der Waals surface area contributed by atoms with Gasteiger partial charge in [-0.1, -0.05) is 6.07 Å². The summed E-state index contributed by atoms with van der Waals surface area (Å²) in [5.41, 5.74) is 0.454. The summed E-state index contributed by atoms with van der Waals surface area (Å²) in [5.74, 6) is 0.0195. The Bertz CT molecular complexity index is 576. The van der Waals surface area contributed by atoms with Crippen LogP contribution in [0, 0.1) is 10.1 Å². The third-order valence-corrected chi connectivity index (χ3v) is 2.33. The van der Waals surface area contributed by atoms with Crippen LogP contribution in [0.15, 0.2) is 30.7 Å². The van der Waals surface area contributed by atoms with Gasteiger partial charge in [0.05, 0.1) is 24.3 Å². The Balaban J connectivity index is 2.23. The number of ether oxygens (including phenoxy) is 1. The molecule has 0 amide bonds. The summed E-state index contributed by atoms with van der Waals surface area (Å²) in [6, 6.07) is 5.43. The van der Waals surface area contributed by atoms with Crippen LogP contribution < -0.4 is 10.1 Å². The fraction of sp³-hybridized carbons (Fsp3) is 0.182. The summed E-state index contributed by atoms with van der Waals surface area (Å²) in [6.07, 6.45) is 2.85. The lowest BCUT2D eigenvalue weighted by atomic mass is 10.3. The van der Waals surface area contributed by atoms with E-state index in [1.807, 2.05) is 6.07 Å². The van der Waals surface area contributed by atoms with Crippen LogP contribution in [0.1, 0.15) is 5.69 Å². The first-order valence-corrected chi connectivity index (χ1v) is 5.39. The van der Waals surface area contributed by atoms with Gasteiger partial charge in [0.1, 0.15) is 6.33 Å². The Morgan fingerprint density at radius 1 is 1.37 bits per heavy atom. The first kappa shape index (κ1) is 12.7. The van der Waals surface area contributed by atoms with Crippen molar-refractivity contribution in [2.45, 2.75) is 6.54 Å². The maximum absolute atomic E-state index is 11.0. The number of hydrogen-bond acceptors (Lipinski definition) is 7. The van der Waals surface area contributed by atoms with Gasteiger partial charge in [0.15, 0.2) is 0 Å². The molecule has 0 atom stereocenters. The number of aromatic nitrogens is 3. The fourth-order valence-corrected chi connectivity index (χ4v) is 1.48. The number of anilines is 1. The van der Waals surface area contributed by atoms with E-state index in [1.54, 1.807) is 18.3 Å². The number of methoxy groups -OCH3 is 1. The maximum Gasteiger partial charge on any atom is 0.372 e. The first-order valence-electron chi connectivity index (χ1n) is 5.39. The molecule has 0 radical (unpaired) electrons. The van der Waals surface area contributed by atoms with E-state index in [4.69, 9.17) is 4.74 Å². The molecule has 0 aromatic carbocycles. The van der Waals surface area contributed by atoms with E-state index in [1.165, 1.54) is 13.4 Å². The van der Waals surface area contributed by atoms with E-state index < -0.39 is 4.92 Å². The zero-order valence-electron chi connectivity index (χ0n) is 10.1. The Morgan fingerprint density at radius 3 is 2.84 bits per heavy atom. The molecule has 0 aliphatic rings. The van der Waals surface area contributed by atoms with Crippen molar-refractivity contribution >= 4 is 11.5 Å². The van der Waals surface area contributed by atoms with Crippen molar-refractivity contribution in [1.29, 1.82) is 0 Å². The minimum absolute atomic E-state index is 0.0801. The van der Waals surface area contributed by atoms with Crippen LogP contribution in [0.25, 0.3) is 0 Å². The van der Waals surface area contributed by atoms with Crippen LogP contribution in [0.4, 0.5) is 11.5 Å². The third kappa shape index (κ3) is 2.92. The lowest BCUT2D eigenvalue weighted by molar-refractivity contribution is -0.385. The highest BCUT2D eigenvalue weighted by Gasteiger charge is 2.23. The van der Waals surface area contributed by atoms with E-state index in [-0.39, 0.29) is 17.4 Å². The van der Waals surface area contributed by atoms with E-state index >= 15 is 0 Å². The second kappa shape index (κ2) is 5.71. The summed E-state index contributed by atoms with van der Waals surface area (Å²) in [7, 11) is 1.32. The van der Waals surface area contributed by atoms with Gasteiger partial charge >= 0.3 is 5.69 Å². The molecule has 98 valence electrons. The number of pyridine rings is 1. The number of nitrogens with zero attached hydrogens (tertiary/aromatic N) is 4. The highest BCUT2D eigenvalue weighted by molar-refractivity contribution is 5.61. The first-order chi connectivity index (χ1) is 9.22. The van der Waals surface area contributed by atoms with Crippen molar-refractivity contribution in [2.75, 3.05) is 12.4 Å². The van der Waals surface area contributed by atoms with Gasteiger partial charge in [0, 0.05) is 6.20 Å². The lowest BCUT2D eigenvalue weighted by Crippen LogP contribution is -2.07. The molecule has 0 aliphatic heterocycles. The quantitative estimate of drug-likeness (QED) is 0.640. The highest BCUT2D eigenvalue weighted by Crippen LogP contribution is 2.30. The van der Waals surface area contributed by atoms with Crippen molar-refractivity contribution < 1.29 is 9.66 Å². The molecule has 19 heavy (non-hydrogen) atoms. The van der Waals surface area contributed by atoms with Crippen molar-refractivity contribution in [2.24, 2.45) is 0 Å². The van der Waals surface area contributed by atoms with E-state index in [9.17, 15) is 10.1 Å². The Kier molecular flexibility index (Phi) is 3.81. The molecule has 0 saturated carbocycles. The largest absolute Gasteiger partial charge is 0.476 e. The third-order valence-electron chi connectivity index (χ3n) is 2.33. The van der Waals surface area contributed by atoms with Gasteiger partial charge in [0.2, 0.25) is 5.82 Å². The molecule has 8 nitrogen and oxygen atoms in total. The molecule has 2 heterocycles. The zero-order valence-corrected chi connectivity index (χ0v) is 10.1. The van der Waals surface area contributed by atoms with Crippen LogP contribution >= 0.6 is 0 Å². The minimum atomic E-state index is -0.584. The average molecular weight is 261 g/mol. The van der Waals surface area contributed by atoms with Crippen molar-refractivity contribution in [3.8, 4) is 5.88 Å². The molecule has 0 saturated heterocycles. The molecular weight excluding hydrogens is 250 g/mol. The zero-order chi connectivity index (χ0) is 13.7. The Hall–Kier alpha value is -2.77. The minimum Gasteiger partial charge on any atom is -0.476 e. The fourth-order valence-electron chi connectivity index (χ4n) is 1.48. The molecule has 2 rings (SSSR count). The van der Waals surface area contributed by atoms with Gasteiger partial charge < -0.3 is 10.1 Å². The predicted octanol–water partition coefficient (Wildman–Crippen LogP) is 1.40. The molecule has 2 aromatic heterocycles. The predicted molar refractivity (Wildman–Crippen MR) is 66.8 cm³/mol. The van der Waals surface area contributed by atoms with Crippen molar-refractivity contribution in [3.63, 3.8) is 0 Å². The van der Waals surface area contributed by atoms with E-state index in [2.05, 4.69) is 20.3 Å². The second-order valence-electron chi connectivity index (χ2n) is 3.51. The van der Waals surface area contributed by atoms with Crippen molar-refractivity contribution in [3.05, 3.63) is 46.5 Å². The number of hydrogen-bond donors (Lipinski definition) is 1. The molecule has 2 aromatic rings. The normalized spacial score (nSPS) is 9.95. The number of nitrogens with one attached hydrogen (secondary N) is 1. The Labute approximate surface area is 108 Å². The van der Waals surface area contributed by atoms with Gasteiger partial charge in [-0.2, -0.15) is 4.98 Å². The number of rotatable bonds is 5. The molecule has 1 N–H and O–H groups in total. The SMILES string of the molecule is COc1ncnc(NCc2ccccn2)c1[N+](=O)[O-]. The van der Waals surface area contributed by atoms with E-state index in [0.29, 0.717) is 6.54 Å². The average Bonchev–Trinajstić information content (AvgIpc) is 2.45. The van der Waals surface area contributed by atoms with Crippen LogP contribution in [0.3, 0.4) is 0 Å². The van der Waals surface area contributed by atoms with E-state index in [0.717, 1.165) is 5.69 Å². The molecule has 0 aliphatic carbocycles. The smallest absolute Gasteiger partial charge is 0.372 e. The molecular formula is C11H11N5O3. The van der Waals surface area contributed by atoms with Crippen molar-refractivity contribution in [1.82, 2.24) is 15.0 Å². The topological polar surface area (TPSA) is 103 Å². The maximum atomic E-state index is 11.0. The van der Waals surface area contributed by atoms with Gasteiger partial charge in [-0.3, -0.25) is 15.1 Å². The number of nitro groups is 1. The molecule has 8 heteroatoms. The van der Waals surface area contributed by atoms with Crippen LogP contribution in [0.5, 0.6) is 5.88 Å². The molecule has 0 unspecified atom stereocenters. The summed E-state index contributed by atoms with van der Waals surface area (Å²) in [4.78, 5) is 22.1. The van der Waals surface area contributed by atoms with Crippen LogP contribution in [-0.4, -0.2) is 27.0 Å². The summed E-state index contributed by atoms with van der Waals surface area (Å²) < 4.78 is 4.85. The van der Waals surface area contributed by atoms with Gasteiger partial charge in [-0.05, 0) is 12.1 Å². The molecule has 0 fully saturated rings. The van der Waals surface area contributed by atoms with Crippen LogP contribution in [-0.2, 0) is 6.54 Å². The highest BCUT2D eigenvalue weighted by atomic mass is 16.6. The van der Waals surface area contributed by atoms with Gasteiger partial charge in [-0.25, -0.2) is 4.98 Å². The van der Waals surface area contributed by atoms with Gasteiger partial charge in [-0.15, -0.1) is 0 Å². The summed E-state index contributed by atoms with van der Waals surface area (Å²) in [6.45, 7) is 0.321. The van der Waals surface area contributed by atoms with Crippen LogP contribution in [0.2, 0.25) is 0 Å². The standard InChI is InChI=1S/C11H11N5O3/c1-19-11-9(16(17)18)10(14-7-15-11)13-6-8-4-2-3-5-12-8/h2-5,7H,6H2,1H3,(H,13,14,15). The lowest BCUT2D eigenvalue weighted by Gasteiger charge is -2.07. The molecule has 0 bridgehead atoms. The molecule has 0 spiro atoms. The monoisotopic (exact) mass is 261 g/mol. The van der Waals surface area contributed by atoms with Gasteiger partial charge in [0.25, 0.3) is 5.88 Å². The second-order valence-corrected chi connectivity index (χ2v) is 3.51. The summed E-state index contributed by atoms with van der Waals surface area (Å²) >= 11 is 0. The Morgan fingerprint density at radius 2 is 2.21 bits per heavy atom. The summed E-state index contributed by atoms with van der Waals surface area (Å²) in [5, 5.41) is 13.9.